The van der Waals surface area contributed by atoms with Gasteiger partial charge in [0.1, 0.15) is 11.3 Å². The summed E-state index contributed by atoms with van der Waals surface area (Å²) in [5, 5.41) is 12.5. The lowest BCUT2D eigenvalue weighted by Gasteiger charge is -2.35. The molecular formula is C21H25N3O5. The van der Waals surface area contributed by atoms with Crippen molar-refractivity contribution in [2.24, 2.45) is 0 Å². The van der Waals surface area contributed by atoms with Gasteiger partial charge in [0.05, 0.1) is 17.6 Å². The van der Waals surface area contributed by atoms with Gasteiger partial charge in [-0.05, 0) is 45.4 Å². The van der Waals surface area contributed by atoms with E-state index in [1.807, 2.05) is 6.92 Å². The van der Waals surface area contributed by atoms with Crippen molar-refractivity contribution in [3.05, 3.63) is 69.3 Å². The predicted molar refractivity (Wildman–Crippen MR) is 109 cm³/mol. The first-order valence-electron chi connectivity index (χ1n) is 9.16. The molecule has 2 rings (SSSR count). The molecule has 2 aromatic rings. The number of hydrogen-bond donors (Lipinski definition) is 1. The van der Waals surface area contributed by atoms with E-state index in [9.17, 15) is 19.7 Å². The summed E-state index contributed by atoms with van der Waals surface area (Å²) in [6.45, 7) is 7.08. The number of para-hydroxylation sites is 1. The van der Waals surface area contributed by atoms with Crippen molar-refractivity contribution in [1.82, 2.24) is 10.4 Å². The Hall–Kier alpha value is -3.42. The minimum Gasteiger partial charge on any atom is -0.496 e. The van der Waals surface area contributed by atoms with Crippen LogP contribution in [0.2, 0.25) is 0 Å². The largest absolute Gasteiger partial charge is 0.496 e. The number of amides is 2. The molecule has 2 aromatic carbocycles. The molecule has 2 amide bonds. The zero-order valence-electron chi connectivity index (χ0n) is 17.2. The number of carbonyl (C=O) groups excluding carboxylic acids is 2. The van der Waals surface area contributed by atoms with Crippen molar-refractivity contribution in [1.29, 1.82) is 0 Å². The van der Waals surface area contributed by atoms with Gasteiger partial charge in [-0.2, -0.15) is 0 Å². The molecule has 1 N–H and O–H groups in total. The van der Waals surface area contributed by atoms with Gasteiger partial charge in [0.2, 0.25) is 0 Å². The first-order chi connectivity index (χ1) is 13.6. The van der Waals surface area contributed by atoms with E-state index < -0.39 is 22.3 Å². The molecule has 29 heavy (non-hydrogen) atoms. The summed E-state index contributed by atoms with van der Waals surface area (Å²) in [6.07, 6.45) is 0.556. The highest BCUT2D eigenvalue weighted by molar-refractivity contribution is 6.02. The maximum Gasteiger partial charge on any atom is 0.282 e. The van der Waals surface area contributed by atoms with Gasteiger partial charge >= 0.3 is 0 Å². The van der Waals surface area contributed by atoms with Crippen LogP contribution in [0.1, 0.15) is 54.0 Å². The van der Waals surface area contributed by atoms with Crippen molar-refractivity contribution in [2.75, 3.05) is 7.11 Å². The topological polar surface area (TPSA) is 102 Å². The number of hydrazine groups is 1. The van der Waals surface area contributed by atoms with Gasteiger partial charge in [0.15, 0.2) is 0 Å². The number of ether oxygens (including phenoxy) is 1. The molecule has 0 bridgehead atoms. The highest BCUT2D eigenvalue weighted by Gasteiger charge is 2.33. The molecule has 0 aliphatic carbocycles. The maximum atomic E-state index is 13.1. The summed E-state index contributed by atoms with van der Waals surface area (Å²) in [7, 11) is 1.52. The van der Waals surface area contributed by atoms with E-state index >= 15 is 0 Å². The van der Waals surface area contributed by atoms with Gasteiger partial charge in [0, 0.05) is 17.2 Å². The quantitative estimate of drug-likeness (QED) is 0.609. The summed E-state index contributed by atoms with van der Waals surface area (Å²) in [5.74, 6) is -0.589. The van der Waals surface area contributed by atoms with Crippen LogP contribution in [0.15, 0.2) is 42.5 Å². The normalized spacial score (nSPS) is 10.9. The SMILES string of the molecule is CCc1c(OC)cccc1C(=O)NN(C(=O)c1ccccc1[N+](=O)[O-])C(C)(C)C. The van der Waals surface area contributed by atoms with Crippen LogP contribution in [0.3, 0.4) is 0 Å². The number of rotatable bonds is 5. The van der Waals surface area contributed by atoms with Crippen LogP contribution < -0.4 is 10.2 Å². The molecule has 0 atom stereocenters. The van der Waals surface area contributed by atoms with Gasteiger partial charge < -0.3 is 4.74 Å². The second-order valence-corrected chi connectivity index (χ2v) is 7.37. The molecule has 154 valence electrons. The summed E-state index contributed by atoms with van der Waals surface area (Å²) in [5.41, 5.74) is 2.45. The van der Waals surface area contributed by atoms with Gasteiger partial charge in [-0.1, -0.05) is 25.1 Å². The van der Waals surface area contributed by atoms with Gasteiger partial charge in [-0.3, -0.25) is 25.1 Å². The van der Waals surface area contributed by atoms with Crippen molar-refractivity contribution in [3.8, 4) is 5.75 Å². The highest BCUT2D eigenvalue weighted by Crippen LogP contribution is 2.25. The number of carbonyl (C=O) groups is 2. The number of hydrogen-bond acceptors (Lipinski definition) is 5. The van der Waals surface area contributed by atoms with Crippen LogP contribution in [0.5, 0.6) is 5.75 Å². The molecule has 0 radical (unpaired) electrons. The van der Waals surface area contributed by atoms with Crippen molar-refractivity contribution < 1.29 is 19.2 Å². The molecule has 0 aliphatic heterocycles. The van der Waals surface area contributed by atoms with E-state index in [2.05, 4.69) is 5.43 Å². The minimum atomic E-state index is -0.832. The summed E-state index contributed by atoms with van der Waals surface area (Å²) in [6, 6.07) is 10.8. The van der Waals surface area contributed by atoms with Crippen LogP contribution in [0, 0.1) is 10.1 Å². The first kappa shape index (κ1) is 21.9. The Morgan fingerprint density at radius 3 is 2.28 bits per heavy atom. The van der Waals surface area contributed by atoms with Gasteiger partial charge in [0.25, 0.3) is 17.5 Å². The first-order valence-corrected chi connectivity index (χ1v) is 9.16. The van der Waals surface area contributed by atoms with Crippen molar-refractivity contribution >= 4 is 17.5 Å². The average Bonchev–Trinajstić information content (AvgIpc) is 2.69. The number of benzene rings is 2. The van der Waals surface area contributed by atoms with Gasteiger partial charge in [-0.25, -0.2) is 5.01 Å². The Kier molecular flexibility index (Phi) is 6.58. The molecule has 0 aliphatic rings. The summed E-state index contributed by atoms with van der Waals surface area (Å²) >= 11 is 0. The number of nitro groups is 1. The fourth-order valence-electron chi connectivity index (χ4n) is 2.95. The third-order valence-electron chi connectivity index (χ3n) is 4.37. The Labute approximate surface area is 169 Å². The van der Waals surface area contributed by atoms with Crippen molar-refractivity contribution in [2.45, 2.75) is 39.7 Å². The van der Waals surface area contributed by atoms with Gasteiger partial charge in [-0.15, -0.1) is 0 Å². The monoisotopic (exact) mass is 399 g/mol. The van der Waals surface area contributed by atoms with E-state index in [1.165, 1.54) is 25.3 Å². The van der Waals surface area contributed by atoms with E-state index in [0.29, 0.717) is 23.3 Å². The predicted octanol–water partition coefficient (Wildman–Crippen LogP) is 3.75. The lowest BCUT2D eigenvalue weighted by atomic mass is 10.0. The Bertz CT molecular complexity index is 934. The second kappa shape index (κ2) is 8.72. The fourth-order valence-corrected chi connectivity index (χ4v) is 2.95. The van der Waals surface area contributed by atoms with Crippen LogP contribution in [0.4, 0.5) is 5.69 Å². The number of nitrogens with one attached hydrogen (secondary N) is 1. The molecule has 0 saturated heterocycles. The highest BCUT2D eigenvalue weighted by atomic mass is 16.6. The molecule has 0 aromatic heterocycles. The van der Waals surface area contributed by atoms with Crippen LogP contribution in [-0.4, -0.2) is 34.4 Å². The van der Waals surface area contributed by atoms with Crippen LogP contribution in [0.25, 0.3) is 0 Å². The molecule has 8 heteroatoms. The van der Waals surface area contributed by atoms with E-state index in [4.69, 9.17) is 4.74 Å². The Morgan fingerprint density at radius 2 is 1.72 bits per heavy atom. The van der Waals surface area contributed by atoms with E-state index in [-0.39, 0.29) is 11.3 Å². The Morgan fingerprint density at radius 1 is 1.10 bits per heavy atom. The second-order valence-electron chi connectivity index (χ2n) is 7.37. The minimum absolute atomic E-state index is 0.103. The lowest BCUT2D eigenvalue weighted by molar-refractivity contribution is -0.385. The number of methoxy groups -OCH3 is 1. The molecule has 0 spiro atoms. The third-order valence-corrected chi connectivity index (χ3v) is 4.37. The molecular weight excluding hydrogens is 374 g/mol. The lowest BCUT2D eigenvalue weighted by Crippen LogP contribution is -2.56. The summed E-state index contributed by atoms with van der Waals surface area (Å²) < 4.78 is 5.32. The standard InChI is InChI=1S/C21H25N3O5/c1-6-14-15(11-9-13-18(14)29-5)19(25)22-23(21(2,3)4)20(26)16-10-7-8-12-17(16)24(27)28/h7-13H,6H2,1-5H3,(H,22,25). The third kappa shape index (κ3) is 4.71. The smallest absolute Gasteiger partial charge is 0.282 e. The average molecular weight is 399 g/mol. The fraction of sp³-hybridized carbons (Fsp3) is 0.333. The summed E-state index contributed by atoms with van der Waals surface area (Å²) in [4.78, 5) is 36.9. The molecule has 8 nitrogen and oxygen atoms in total. The Balaban J connectivity index is 2.45. The zero-order chi connectivity index (χ0) is 21.8. The van der Waals surface area contributed by atoms with E-state index in [1.54, 1.807) is 45.0 Å². The van der Waals surface area contributed by atoms with Crippen molar-refractivity contribution in [3.63, 3.8) is 0 Å². The molecule has 0 saturated carbocycles. The number of nitrogens with zero attached hydrogens (tertiary/aromatic N) is 2. The van der Waals surface area contributed by atoms with E-state index in [0.717, 1.165) is 5.01 Å². The van der Waals surface area contributed by atoms with Crippen LogP contribution >= 0.6 is 0 Å². The molecule has 0 heterocycles. The zero-order valence-corrected chi connectivity index (χ0v) is 17.2. The number of nitro benzene ring substituents is 1. The van der Waals surface area contributed by atoms with Crippen LogP contribution in [-0.2, 0) is 6.42 Å². The maximum absolute atomic E-state index is 13.1. The molecule has 0 unspecified atom stereocenters. The molecule has 0 fully saturated rings.